The number of carbonyl (C=O) groups is 2. The zero-order valence-corrected chi connectivity index (χ0v) is 14.0. The van der Waals surface area contributed by atoms with Gasteiger partial charge in [-0.25, -0.2) is 0 Å². The molecule has 0 fully saturated rings. The van der Waals surface area contributed by atoms with E-state index in [0.717, 1.165) is 0 Å². The standard InChI is InChI=1S/C17H17N3O5/c1-10-8-16(20(23)24)15(19-12(3)22)9-17(10)25-14-6-4-13(5-7-14)18-11(2)21/h4-9H,1-3H3,(H,18,21)(H,19,22). The molecule has 0 aliphatic carbocycles. The van der Waals surface area contributed by atoms with Crippen molar-refractivity contribution in [2.75, 3.05) is 10.6 Å². The number of nitro groups is 1. The van der Waals surface area contributed by atoms with Gasteiger partial charge in [0.05, 0.1) is 4.92 Å². The van der Waals surface area contributed by atoms with Crippen molar-refractivity contribution < 1.29 is 19.2 Å². The van der Waals surface area contributed by atoms with Gasteiger partial charge in [-0.15, -0.1) is 0 Å². The normalized spacial score (nSPS) is 10.0. The lowest BCUT2D eigenvalue weighted by molar-refractivity contribution is -0.384. The van der Waals surface area contributed by atoms with Crippen LogP contribution in [0.4, 0.5) is 17.1 Å². The molecule has 0 aliphatic heterocycles. The van der Waals surface area contributed by atoms with Gasteiger partial charge in [-0.3, -0.25) is 19.7 Å². The molecule has 2 N–H and O–H groups in total. The molecule has 2 amide bonds. The summed E-state index contributed by atoms with van der Waals surface area (Å²) in [6.45, 7) is 4.35. The van der Waals surface area contributed by atoms with Gasteiger partial charge in [-0.2, -0.15) is 0 Å². The van der Waals surface area contributed by atoms with Gasteiger partial charge in [0.2, 0.25) is 11.8 Å². The van der Waals surface area contributed by atoms with Crippen molar-refractivity contribution in [2.24, 2.45) is 0 Å². The lowest BCUT2D eigenvalue weighted by atomic mass is 10.1. The number of ether oxygens (including phenoxy) is 1. The Bertz CT molecular complexity index is 831. The van der Waals surface area contributed by atoms with Crippen LogP contribution in [-0.4, -0.2) is 16.7 Å². The third kappa shape index (κ3) is 4.77. The average Bonchev–Trinajstić information content (AvgIpc) is 2.51. The van der Waals surface area contributed by atoms with Crippen molar-refractivity contribution in [3.63, 3.8) is 0 Å². The van der Waals surface area contributed by atoms with Crippen molar-refractivity contribution in [3.05, 3.63) is 52.1 Å². The first-order valence-corrected chi connectivity index (χ1v) is 7.38. The van der Waals surface area contributed by atoms with Crippen LogP contribution in [0, 0.1) is 17.0 Å². The van der Waals surface area contributed by atoms with E-state index < -0.39 is 10.8 Å². The number of nitrogens with one attached hydrogen (secondary N) is 2. The summed E-state index contributed by atoms with van der Waals surface area (Å²) in [6.07, 6.45) is 0. The topological polar surface area (TPSA) is 111 Å². The molecule has 0 radical (unpaired) electrons. The second-order valence-electron chi connectivity index (χ2n) is 5.38. The quantitative estimate of drug-likeness (QED) is 0.636. The molecule has 0 aromatic heterocycles. The minimum Gasteiger partial charge on any atom is -0.457 e. The van der Waals surface area contributed by atoms with Crippen molar-refractivity contribution in [3.8, 4) is 11.5 Å². The van der Waals surface area contributed by atoms with Gasteiger partial charge >= 0.3 is 0 Å². The number of hydrogen-bond donors (Lipinski definition) is 2. The van der Waals surface area contributed by atoms with E-state index in [1.165, 1.54) is 26.0 Å². The van der Waals surface area contributed by atoms with Crippen LogP contribution >= 0.6 is 0 Å². The van der Waals surface area contributed by atoms with E-state index in [4.69, 9.17) is 4.74 Å². The van der Waals surface area contributed by atoms with E-state index in [9.17, 15) is 19.7 Å². The SMILES string of the molecule is CC(=O)Nc1ccc(Oc2cc(NC(C)=O)c([N+](=O)[O-])cc2C)cc1. The molecule has 0 atom stereocenters. The molecular weight excluding hydrogens is 326 g/mol. The molecule has 8 nitrogen and oxygen atoms in total. The lowest BCUT2D eigenvalue weighted by Crippen LogP contribution is -2.08. The molecule has 0 saturated heterocycles. The molecule has 0 aliphatic rings. The number of nitro benzene ring substituents is 1. The number of amides is 2. The second kappa shape index (κ2) is 7.43. The zero-order chi connectivity index (χ0) is 18.6. The molecule has 0 heterocycles. The monoisotopic (exact) mass is 343 g/mol. The Morgan fingerprint density at radius 3 is 2.16 bits per heavy atom. The Kier molecular flexibility index (Phi) is 5.33. The molecule has 8 heteroatoms. The molecule has 2 rings (SSSR count). The van der Waals surface area contributed by atoms with Gasteiger partial charge in [-0.1, -0.05) is 0 Å². The molecule has 0 unspecified atom stereocenters. The second-order valence-corrected chi connectivity index (χ2v) is 5.38. The molecule has 2 aromatic rings. The van der Waals surface area contributed by atoms with Gasteiger partial charge < -0.3 is 15.4 Å². The largest absolute Gasteiger partial charge is 0.457 e. The molecular formula is C17H17N3O5. The van der Waals surface area contributed by atoms with Gasteiger partial charge in [0.15, 0.2) is 0 Å². The maximum atomic E-state index is 11.3. The summed E-state index contributed by atoms with van der Waals surface area (Å²) >= 11 is 0. The lowest BCUT2D eigenvalue weighted by Gasteiger charge is -2.12. The maximum absolute atomic E-state index is 11.3. The number of benzene rings is 2. The van der Waals surface area contributed by atoms with E-state index >= 15 is 0 Å². The highest BCUT2D eigenvalue weighted by Crippen LogP contribution is 2.35. The molecule has 0 saturated carbocycles. The molecule has 25 heavy (non-hydrogen) atoms. The predicted octanol–water partition coefficient (Wildman–Crippen LogP) is 3.61. The summed E-state index contributed by atoms with van der Waals surface area (Å²) in [6, 6.07) is 9.41. The van der Waals surface area contributed by atoms with Crippen LogP contribution in [0.3, 0.4) is 0 Å². The number of rotatable bonds is 5. The number of carbonyl (C=O) groups excluding carboxylic acids is 2. The summed E-state index contributed by atoms with van der Waals surface area (Å²) in [7, 11) is 0. The van der Waals surface area contributed by atoms with Crippen molar-refractivity contribution in [1.29, 1.82) is 0 Å². The zero-order valence-electron chi connectivity index (χ0n) is 14.0. The molecule has 0 bridgehead atoms. The fourth-order valence-corrected chi connectivity index (χ4v) is 2.16. The first kappa shape index (κ1) is 17.9. The van der Waals surface area contributed by atoms with Crippen molar-refractivity contribution in [1.82, 2.24) is 0 Å². The Labute approximate surface area is 144 Å². The minimum absolute atomic E-state index is 0.0629. The van der Waals surface area contributed by atoms with Gasteiger partial charge in [-0.05, 0) is 36.8 Å². The van der Waals surface area contributed by atoms with Gasteiger partial charge in [0.25, 0.3) is 5.69 Å². The van der Waals surface area contributed by atoms with E-state index in [0.29, 0.717) is 22.7 Å². The Morgan fingerprint density at radius 2 is 1.64 bits per heavy atom. The number of aryl methyl sites for hydroxylation is 1. The maximum Gasteiger partial charge on any atom is 0.293 e. The molecule has 0 spiro atoms. The summed E-state index contributed by atoms with van der Waals surface area (Å²) < 4.78 is 5.74. The van der Waals surface area contributed by atoms with Crippen LogP contribution in [-0.2, 0) is 9.59 Å². The summed E-state index contributed by atoms with van der Waals surface area (Å²) in [5, 5.41) is 16.2. The highest BCUT2D eigenvalue weighted by Gasteiger charge is 2.18. The van der Waals surface area contributed by atoms with Gasteiger partial charge in [0.1, 0.15) is 17.2 Å². The fraction of sp³-hybridized carbons (Fsp3) is 0.176. The Balaban J connectivity index is 2.30. The van der Waals surface area contributed by atoms with E-state index in [1.807, 2.05) is 0 Å². The first-order valence-electron chi connectivity index (χ1n) is 7.38. The molecule has 2 aromatic carbocycles. The van der Waals surface area contributed by atoms with Crippen LogP contribution in [0.15, 0.2) is 36.4 Å². The predicted molar refractivity (Wildman–Crippen MR) is 93.0 cm³/mol. The van der Waals surface area contributed by atoms with Gasteiger partial charge in [0, 0.05) is 31.7 Å². The Morgan fingerprint density at radius 1 is 1.04 bits per heavy atom. The summed E-state index contributed by atoms with van der Waals surface area (Å²) in [5.74, 6) is 0.263. The smallest absolute Gasteiger partial charge is 0.293 e. The van der Waals surface area contributed by atoms with E-state index in [1.54, 1.807) is 31.2 Å². The number of hydrogen-bond acceptors (Lipinski definition) is 5. The summed E-state index contributed by atoms with van der Waals surface area (Å²) in [4.78, 5) is 32.8. The highest BCUT2D eigenvalue weighted by atomic mass is 16.6. The van der Waals surface area contributed by atoms with E-state index in [2.05, 4.69) is 10.6 Å². The number of nitrogens with zero attached hydrogens (tertiary/aromatic N) is 1. The van der Waals surface area contributed by atoms with Crippen LogP contribution < -0.4 is 15.4 Å². The van der Waals surface area contributed by atoms with Crippen LogP contribution in [0.1, 0.15) is 19.4 Å². The van der Waals surface area contributed by atoms with Crippen LogP contribution in [0.5, 0.6) is 11.5 Å². The Hall–Kier alpha value is -3.42. The summed E-state index contributed by atoms with van der Waals surface area (Å²) in [5.41, 5.74) is 1.03. The van der Waals surface area contributed by atoms with Crippen molar-refractivity contribution >= 4 is 28.9 Å². The number of anilines is 2. The van der Waals surface area contributed by atoms with Crippen LogP contribution in [0.2, 0.25) is 0 Å². The van der Waals surface area contributed by atoms with Crippen molar-refractivity contribution in [2.45, 2.75) is 20.8 Å². The highest BCUT2D eigenvalue weighted by molar-refractivity contribution is 5.92. The fourth-order valence-electron chi connectivity index (χ4n) is 2.16. The molecule has 130 valence electrons. The average molecular weight is 343 g/mol. The third-order valence-electron chi connectivity index (χ3n) is 3.20. The third-order valence-corrected chi connectivity index (χ3v) is 3.20. The van der Waals surface area contributed by atoms with Crippen LogP contribution in [0.25, 0.3) is 0 Å². The van der Waals surface area contributed by atoms with E-state index in [-0.39, 0.29) is 17.3 Å². The minimum atomic E-state index is -0.565. The first-order chi connectivity index (χ1) is 11.8.